The molecule has 2 aromatic carbocycles. The van der Waals surface area contributed by atoms with Crippen LogP contribution in [0.25, 0.3) is 0 Å². The number of ether oxygens (including phenoxy) is 2. The van der Waals surface area contributed by atoms with E-state index >= 15 is 0 Å². The van der Waals surface area contributed by atoms with Gasteiger partial charge in [0.2, 0.25) is 5.91 Å². The van der Waals surface area contributed by atoms with E-state index in [0.29, 0.717) is 21.2 Å². The molecule has 1 aliphatic heterocycles. The number of carbonyl (C=O) groups is 2. The van der Waals surface area contributed by atoms with Gasteiger partial charge in [0.1, 0.15) is 11.4 Å². The number of anilines is 1. The molecule has 0 saturated heterocycles. The van der Waals surface area contributed by atoms with Gasteiger partial charge in [-0.25, -0.2) is 9.69 Å². The molecule has 0 N–H and O–H groups in total. The fourth-order valence-corrected chi connectivity index (χ4v) is 3.45. The summed E-state index contributed by atoms with van der Waals surface area (Å²) in [6.07, 6.45) is -5.71. The van der Waals surface area contributed by atoms with Crippen molar-refractivity contribution in [3.63, 3.8) is 0 Å². The lowest BCUT2D eigenvalue weighted by atomic mass is 9.91. The van der Waals surface area contributed by atoms with Gasteiger partial charge in [-0.2, -0.15) is 13.2 Å². The van der Waals surface area contributed by atoms with Crippen LogP contribution in [0.3, 0.4) is 0 Å². The van der Waals surface area contributed by atoms with Crippen molar-refractivity contribution in [2.24, 2.45) is 0 Å². The first kappa shape index (κ1) is 22.0. The van der Waals surface area contributed by atoms with Gasteiger partial charge in [0, 0.05) is 10.6 Å². The molecule has 1 atom stereocenters. The Balaban J connectivity index is 2.21. The number of nitrogens with zero attached hydrogens (tertiary/aromatic N) is 1. The van der Waals surface area contributed by atoms with Gasteiger partial charge in [0.25, 0.3) is 0 Å². The lowest BCUT2D eigenvalue weighted by molar-refractivity contribution is -0.137. The summed E-state index contributed by atoms with van der Waals surface area (Å²) in [5.74, 6) is -1.52. The maximum Gasteiger partial charge on any atom is 0.421 e. The molecule has 3 rings (SSSR count). The number of benzene rings is 2. The minimum Gasteiger partial charge on any atom is -0.496 e. The number of rotatable bonds is 2. The van der Waals surface area contributed by atoms with Gasteiger partial charge in [-0.05, 0) is 56.7 Å². The van der Waals surface area contributed by atoms with Crippen LogP contribution in [0.4, 0.5) is 23.7 Å². The molecule has 2 amide bonds. The maximum atomic E-state index is 13.3. The minimum absolute atomic E-state index is 0.184. The van der Waals surface area contributed by atoms with E-state index in [1.807, 2.05) is 0 Å². The highest BCUT2D eigenvalue weighted by Crippen LogP contribution is 2.47. The zero-order chi connectivity index (χ0) is 22.4. The van der Waals surface area contributed by atoms with Gasteiger partial charge in [-0.15, -0.1) is 0 Å². The van der Waals surface area contributed by atoms with Crippen LogP contribution in [0.2, 0.25) is 5.02 Å². The van der Waals surface area contributed by atoms with Crippen molar-refractivity contribution in [1.82, 2.24) is 0 Å². The van der Waals surface area contributed by atoms with Crippen LogP contribution in [0.5, 0.6) is 5.75 Å². The maximum absolute atomic E-state index is 13.3. The monoisotopic (exact) mass is 441 g/mol. The molecule has 1 heterocycles. The molecule has 1 aliphatic rings. The Morgan fingerprint density at radius 3 is 2.30 bits per heavy atom. The lowest BCUT2D eigenvalue weighted by Crippen LogP contribution is -2.39. The van der Waals surface area contributed by atoms with Gasteiger partial charge in [-0.1, -0.05) is 17.7 Å². The topological polar surface area (TPSA) is 55.8 Å². The quantitative estimate of drug-likeness (QED) is 0.592. The predicted octanol–water partition coefficient (Wildman–Crippen LogP) is 5.78. The third-order valence-corrected chi connectivity index (χ3v) is 4.69. The molecule has 2 aromatic rings. The van der Waals surface area contributed by atoms with E-state index in [-0.39, 0.29) is 11.3 Å². The molecule has 0 radical (unpaired) electrons. The molecule has 0 saturated carbocycles. The highest BCUT2D eigenvalue weighted by molar-refractivity contribution is 6.30. The smallest absolute Gasteiger partial charge is 0.421 e. The fourth-order valence-electron chi connectivity index (χ4n) is 3.27. The standard InChI is InChI=1S/C21H19ClF3NO4/c1-20(2,3)30-19(28)26-15-9-11(21(23,24)25)5-7-13(15)17(18(26)27)14-10-12(22)6-8-16(14)29-4/h5-10,17H,1-4H3. The molecule has 9 heteroatoms. The summed E-state index contributed by atoms with van der Waals surface area (Å²) in [5.41, 5.74) is -1.57. The number of carbonyl (C=O) groups excluding carboxylic acids is 2. The third-order valence-electron chi connectivity index (χ3n) is 4.46. The average Bonchev–Trinajstić information content (AvgIpc) is 2.90. The van der Waals surface area contributed by atoms with Crippen LogP contribution in [0.1, 0.15) is 43.4 Å². The summed E-state index contributed by atoms with van der Waals surface area (Å²) < 4.78 is 50.4. The molecule has 30 heavy (non-hydrogen) atoms. The first-order valence-corrected chi connectivity index (χ1v) is 9.33. The lowest BCUT2D eigenvalue weighted by Gasteiger charge is -2.24. The summed E-state index contributed by atoms with van der Waals surface area (Å²) >= 11 is 6.08. The molecule has 0 aliphatic carbocycles. The van der Waals surface area contributed by atoms with Crippen LogP contribution < -0.4 is 9.64 Å². The zero-order valence-electron chi connectivity index (χ0n) is 16.6. The third kappa shape index (κ3) is 4.09. The number of halogens is 4. The van der Waals surface area contributed by atoms with Gasteiger partial charge in [0.05, 0.1) is 24.3 Å². The number of alkyl halides is 3. The molecule has 1 unspecified atom stereocenters. The number of hydrogen-bond acceptors (Lipinski definition) is 4. The van der Waals surface area contributed by atoms with Crippen LogP contribution in [0.15, 0.2) is 36.4 Å². The van der Waals surface area contributed by atoms with E-state index in [2.05, 4.69) is 0 Å². The Morgan fingerprint density at radius 1 is 1.07 bits per heavy atom. The number of amides is 2. The van der Waals surface area contributed by atoms with E-state index in [4.69, 9.17) is 21.1 Å². The second-order valence-electron chi connectivity index (χ2n) is 7.74. The van der Waals surface area contributed by atoms with Gasteiger partial charge >= 0.3 is 12.3 Å². The van der Waals surface area contributed by atoms with E-state index < -0.39 is 35.3 Å². The summed E-state index contributed by atoms with van der Waals surface area (Å²) in [5, 5.41) is 0.308. The number of fused-ring (bicyclic) bond motifs is 1. The average molecular weight is 442 g/mol. The molecule has 5 nitrogen and oxygen atoms in total. The summed E-state index contributed by atoms with van der Waals surface area (Å²) in [6, 6.07) is 7.42. The first-order chi connectivity index (χ1) is 13.8. The SMILES string of the molecule is COc1ccc(Cl)cc1C1C(=O)N(C(=O)OC(C)(C)C)c2cc(C(F)(F)F)ccc21. The predicted molar refractivity (Wildman–Crippen MR) is 105 cm³/mol. The molecular weight excluding hydrogens is 423 g/mol. The Morgan fingerprint density at radius 2 is 1.73 bits per heavy atom. The Labute approximate surface area is 176 Å². The fraction of sp³-hybridized carbons (Fsp3) is 0.333. The highest BCUT2D eigenvalue weighted by atomic mass is 35.5. The summed E-state index contributed by atoms with van der Waals surface area (Å²) in [6.45, 7) is 4.78. The number of methoxy groups -OCH3 is 1. The van der Waals surface area contributed by atoms with Crippen LogP contribution >= 0.6 is 11.6 Å². The van der Waals surface area contributed by atoms with Crippen molar-refractivity contribution >= 4 is 29.3 Å². The molecule has 0 fully saturated rings. The zero-order valence-corrected chi connectivity index (χ0v) is 17.4. The van der Waals surface area contributed by atoms with E-state index in [1.54, 1.807) is 32.9 Å². The number of imide groups is 1. The molecule has 0 aromatic heterocycles. The molecule has 0 spiro atoms. The summed E-state index contributed by atoms with van der Waals surface area (Å²) in [4.78, 5) is 26.7. The van der Waals surface area contributed by atoms with Crippen LogP contribution in [0, 0.1) is 0 Å². The largest absolute Gasteiger partial charge is 0.496 e. The normalized spacial score (nSPS) is 16.5. The molecule has 160 valence electrons. The summed E-state index contributed by atoms with van der Waals surface area (Å²) in [7, 11) is 1.39. The van der Waals surface area contributed by atoms with Crippen molar-refractivity contribution in [3.8, 4) is 5.75 Å². The first-order valence-electron chi connectivity index (χ1n) is 8.95. The van der Waals surface area contributed by atoms with Crippen LogP contribution in [-0.4, -0.2) is 24.7 Å². The van der Waals surface area contributed by atoms with Crippen molar-refractivity contribution in [3.05, 3.63) is 58.1 Å². The van der Waals surface area contributed by atoms with Gasteiger partial charge in [-0.3, -0.25) is 4.79 Å². The molecule has 0 bridgehead atoms. The second kappa shape index (κ2) is 7.50. The van der Waals surface area contributed by atoms with Crippen molar-refractivity contribution in [1.29, 1.82) is 0 Å². The van der Waals surface area contributed by atoms with Crippen molar-refractivity contribution < 1.29 is 32.2 Å². The van der Waals surface area contributed by atoms with E-state index in [9.17, 15) is 22.8 Å². The molecular formula is C21H19ClF3NO4. The Hall–Kier alpha value is -2.74. The minimum atomic E-state index is -4.65. The Bertz CT molecular complexity index is 1010. The highest BCUT2D eigenvalue weighted by Gasteiger charge is 2.46. The second-order valence-corrected chi connectivity index (χ2v) is 8.18. The van der Waals surface area contributed by atoms with Gasteiger partial charge in [0.15, 0.2) is 0 Å². The Kier molecular flexibility index (Phi) is 5.49. The van der Waals surface area contributed by atoms with Crippen molar-refractivity contribution in [2.75, 3.05) is 12.0 Å². The van der Waals surface area contributed by atoms with E-state index in [1.165, 1.54) is 19.2 Å². The van der Waals surface area contributed by atoms with Crippen molar-refractivity contribution in [2.45, 2.75) is 38.5 Å². The van der Waals surface area contributed by atoms with E-state index in [0.717, 1.165) is 12.1 Å². The van der Waals surface area contributed by atoms with Crippen LogP contribution in [-0.2, 0) is 15.7 Å². The number of hydrogen-bond donors (Lipinski definition) is 0. The van der Waals surface area contributed by atoms with Gasteiger partial charge < -0.3 is 9.47 Å².